The van der Waals surface area contributed by atoms with Crippen LogP contribution >= 0.6 is 35.9 Å². The lowest BCUT2D eigenvalue weighted by molar-refractivity contribution is 0.601. The summed E-state index contributed by atoms with van der Waals surface area (Å²) in [5.74, 6) is 4.86. The molecule has 0 atom stereocenters. The zero-order chi connectivity index (χ0) is 25.8. The van der Waals surface area contributed by atoms with E-state index >= 15 is 0 Å². The van der Waals surface area contributed by atoms with Crippen LogP contribution in [-0.2, 0) is 11.5 Å². The van der Waals surface area contributed by atoms with E-state index in [9.17, 15) is 0 Å². The van der Waals surface area contributed by atoms with Crippen molar-refractivity contribution in [1.82, 2.24) is 30.6 Å². The highest BCUT2D eigenvalue weighted by Crippen LogP contribution is 2.12. The SMILES string of the molecule is Cc1[nH]cnc1CSCCNC(N)=NCCCCCCCCN=C(N)NCCSCc1nc[nH]c1C.Cl. The number of aromatic nitrogens is 4. The second-order valence-electron chi connectivity index (χ2n) is 8.56. The summed E-state index contributed by atoms with van der Waals surface area (Å²) < 4.78 is 0. The summed E-state index contributed by atoms with van der Waals surface area (Å²) in [6.07, 6.45) is 10.4. The van der Waals surface area contributed by atoms with Gasteiger partial charge in [0, 0.05) is 60.6 Å². The number of halogens is 1. The van der Waals surface area contributed by atoms with E-state index in [1.165, 1.54) is 25.7 Å². The Hall–Kier alpha value is -2.05. The number of hydrogen-bond donors (Lipinski definition) is 6. The number of imidazole rings is 2. The molecule has 210 valence electrons. The normalized spacial score (nSPS) is 11.9. The van der Waals surface area contributed by atoms with Crippen LogP contribution in [0.3, 0.4) is 0 Å². The van der Waals surface area contributed by atoms with Crippen LogP contribution in [-0.4, -0.2) is 69.5 Å². The Balaban J connectivity index is 0.00000684. The van der Waals surface area contributed by atoms with Crippen LogP contribution in [0.25, 0.3) is 0 Å². The molecule has 8 N–H and O–H groups in total. The molecule has 2 aromatic rings. The smallest absolute Gasteiger partial charge is 0.188 e. The van der Waals surface area contributed by atoms with E-state index < -0.39 is 0 Å². The van der Waals surface area contributed by atoms with Crippen molar-refractivity contribution in [2.45, 2.75) is 63.9 Å². The first-order chi connectivity index (χ1) is 17.6. The average molecular weight is 573 g/mol. The van der Waals surface area contributed by atoms with Gasteiger partial charge in [0.25, 0.3) is 0 Å². The van der Waals surface area contributed by atoms with Crippen molar-refractivity contribution in [2.75, 3.05) is 37.7 Å². The number of aromatic amines is 2. The van der Waals surface area contributed by atoms with Crippen LogP contribution in [0.1, 0.15) is 61.3 Å². The Bertz CT molecular complexity index is 827. The second-order valence-corrected chi connectivity index (χ2v) is 10.8. The fourth-order valence-corrected chi connectivity index (χ4v) is 5.10. The van der Waals surface area contributed by atoms with E-state index in [1.54, 1.807) is 12.7 Å². The standard InChI is InChI=1S/C24H44N10S2.ClH/c1-19-21(33-17-31-19)15-35-13-11-29-23(25)27-9-7-5-3-4-6-8-10-28-24(26)30-12-14-36-16-22-20(2)32-18-34-22;/h17-18H,3-16H2,1-2H3,(H,31,33)(H,32,34)(H3,25,27,29)(H3,26,28,30);1H. The molecule has 10 nitrogen and oxygen atoms in total. The van der Waals surface area contributed by atoms with Crippen LogP contribution in [0.2, 0.25) is 0 Å². The highest BCUT2D eigenvalue weighted by Gasteiger charge is 2.02. The Morgan fingerprint density at radius 2 is 1.16 bits per heavy atom. The van der Waals surface area contributed by atoms with Gasteiger partial charge >= 0.3 is 0 Å². The third-order valence-electron chi connectivity index (χ3n) is 5.58. The van der Waals surface area contributed by atoms with Gasteiger partial charge in [0.15, 0.2) is 11.9 Å². The summed E-state index contributed by atoms with van der Waals surface area (Å²) in [4.78, 5) is 23.6. The fraction of sp³-hybridized carbons (Fsp3) is 0.667. The first-order valence-corrected chi connectivity index (χ1v) is 15.1. The van der Waals surface area contributed by atoms with Gasteiger partial charge in [-0.2, -0.15) is 23.5 Å². The van der Waals surface area contributed by atoms with Crippen LogP contribution in [0.15, 0.2) is 22.6 Å². The van der Waals surface area contributed by atoms with Gasteiger partial charge in [0.05, 0.1) is 24.0 Å². The minimum atomic E-state index is 0. The van der Waals surface area contributed by atoms with Crippen molar-refractivity contribution >= 4 is 47.8 Å². The number of guanidine groups is 2. The maximum absolute atomic E-state index is 5.95. The molecule has 2 heterocycles. The van der Waals surface area contributed by atoms with Gasteiger partial charge in [-0.25, -0.2) is 9.97 Å². The van der Waals surface area contributed by atoms with Crippen molar-refractivity contribution in [1.29, 1.82) is 0 Å². The summed E-state index contributed by atoms with van der Waals surface area (Å²) in [7, 11) is 0. The lowest BCUT2D eigenvalue weighted by Crippen LogP contribution is -2.33. The highest BCUT2D eigenvalue weighted by atomic mass is 35.5. The Kier molecular flexibility index (Phi) is 18.7. The van der Waals surface area contributed by atoms with Crippen LogP contribution < -0.4 is 22.1 Å². The van der Waals surface area contributed by atoms with E-state index in [2.05, 4.69) is 40.6 Å². The van der Waals surface area contributed by atoms with Crippen LogP contribution in [0.5, 0.6) is 0 Å². The Morgan fingerprint density at radius 3 is 1.54 bits per heavy atom. The zero-order valence-corrected chi connectivity index (χ0v) is 24.7. The molecular formula is C24H45ClN10S2. The third kappa shape index (κ3) is 15.7. The minimum absolute atomic E-state index is 0. The van der Waals surface area contributed by atoms with Gasteiger partial charge in [0.2, 0.25) is 0 Å². The number of hydrogen-bond acceptors (Lipinski definition) is 6. The number of nitrogens with one attached hydrogen (secondary N) is 4. The molecule has 0 spiro atoms. The molecular weight excluding hydrogens is 528 g/mol. The van der Waals surface area contributed by atoms with E-state index in [1.807, 2.05) is 37.4 Å². The quantitative estimate of drug-likeness (QED) is 0.0847. The molecule has 0 aromatic carbocycles. The number of unbranched alkanes of at least 4 members (excludes halogenated alkanes) is 5. The molecule has 0 unspecified atom stereocenters. The molecule has 0 aliphatic heterocycles. The Morgan fingerprint density at radius 1 is 0.757 bits per heavy atom. The van der Waals surface area contributed by atoms with Gasteiger partial charge in [-0.3, -0.25) is 9.98 Å². The number of thioether (sulfide) groups is 2. The van der Waals surface area contributed by atoms with Gasteiger partial charge in [-0.05, 0) is 26.7 Å². The summed E-state index contributed by atoms with van der Waals surface area (Å²) in [5, 5.41) is 6.37. The van der Waals surface area contributed by atoms with Gasteiger partial charge in [-0.1, -0.05) is 25.7 Å². The first kappa shape index (κ1) is 33.0. The van der Waals surface area contributed by atoms with E-state index in [0.29, 0.717) is 11.9 Å². The van der Waals surface area contributed by atoms with Crippen molar-refractivity contribution in [3.05, 3.63) is 35.4 Å². The molecule has 0 saturated heterocycles. The zero-order valence-electron chi connectivity index (χ0n) is 22.2. The van der Waals surface area contributed by atoms with Crippen LogP contribution in [0, 0.1) is 13.8 Å². The fourth-order valence-electron chi connectivity index (χ4n) is 3.35. The van der Waals surface area contributed by atoms with E-state index in [-0.39, 0.29) is 12.4 Å². The summed E-state index contributed by atoms with van der Waals surface area (Å²) >= 11 is 3.68. The maximum Gasteiger partial charge on any atom is 0.188 e. The number of aliphatic imine (C=N–C) groups is 2. The van der Waals surface area contributed by atoms with Crippen molar-refractivity contribution in [3.63, 3.8) is 0 Å². The number of rotatable bonds is 19. The largest absolute Gasteiger partial charge is 0.370 e. The van der Waals surface area contributed by atoms with Gasteiger partial charge in [-0.15, -0.1) is 12.4 Å². The molecule has 0 bridgehead atoms. The molecule has 0 amide bonds. The molecule has 0 aliphatic carbocycles. The number of nitrogens with two attached hydrogens (primary N) is 2. The topological polar surface area (TPSA) is 158 Å². The predicted molar refractivity (Wildman–Crippen MR) is 163 cm³/mol. The number of H-pyrrole nitrogens is 2. The molecule has 37 heavy (non-hydrogen) atoms. The third-order valence-corrected chi connectivity index (χ3v) is 7.52. The maximum atomic E-state index is 5.95. The monoisotopic (exact) mass is 572 g/mol. The van der Waals surface area contributed by atoms with E-state index in [4.69, 9.17) is 11.5 Å². The number of nitrogens with zero attached hydrogens (tertiary/aromatic N) is 4. The average Bonchev–Trinajstić information content (AvgIpc) is 3.47. The lowest BCUT2D eigenvalue weighted by atomic mass is 10.1. The minimum Gasteiger partial charge on any atom is -0.370 e. The summed E-state index contributed by atoms with van der Waals surface area (Å²) in [5.41, 5.74) is 16.4. The Labute approximate surface area is 236 Å². The van der Waals surface area contributed by atoms with Crippen molar-refractivity contribution in [2.24, 2.45) is 21.5 Å². The van der Waals surface area contributed by atoms with Crippen molar-refractivity contribution in [3.8, 4) is 0 Å². The van der Waals surface area contributed by atoms with Gasteiger partial charge in [0.1, 0.15) is 0 Å². The van der Waals surface area contributed by atoms with Crippen LogP contribution in [0.4, 0.5) is 0 Å². The first-order valence-electron chi connectivity index (χ1n) is 12.8. The molecule has 2 aromatic heterocycles. The molecule has 0 saturated carbocycles. The predicted octanol–water partition coefficient (Wildman–Crippen LogP) is 3.49. The lowest BCUT2D eigenvalue weighted by Gasteiger charge is -2.06. The summed E-state index contributed by atoms with van der Waals surface area (Å²) in [6, 6.07) is 0. The molecule has 0 radical (unpaired) electrons. The second kappa shape index (κ2) is 20.9. The number of aryl methyl sites for hydroxylation is 2. The summed E-state index contributed by atoms with van der Waals surface area (Å²) in [6.45, 7) is 7.29. The molecule has 2 rings (SSSR count). The van der Waals surface area contributed by atoms with Crippen molar-refractivity contribution < 1.29 is 0 Å². The molecule has 0 fully saturated rings. The van der Waals surface area contributed by atoms with E-state index in [0.717, 1.165) is 84.8 Å². The highest BCUT2D eigenvalue weighted by molar-refractivity contribution is 7.98. The van der Waals surface area contributed by atoms with Gasteiger partial charge < -0.3 is 32.1 Å². The molecule has 13 heteroatoms. The molecule has 0 aliphatic rings.